The van der Waals surface area contributed by atoms with Crippen molar-refractivity contribution in [2.45, 2.75) is 51.2 Å². The van der Waals surface area contributed by atoms with Gasteiger partial charge in [-0.1, -0.05) is 42.5 Å². The molecule has 2 aromatic rings. The van der Waals surface area contributed by atoms with Crippen LogP contribution in [0, 0.1) is 0 Å². The summed E-state index contributed by atoms with van der Waals surface area (Å²) in [4.78, 5) is 18.5. The van der Waals surface area contributed by atoms with E-state index in [0.29, 0.717) is 12.2 Å². The van der Waals surface area contributed by atoms with Crippen molar-refractivity contribution < 1.29 is 19.5 Å². The molecule has 3 rings (SSSR count). The van der Waals surface area contributed by atoms with Gasteiger partial charge in [0, 0.05) is 18.6 Å². The Labute approximate surface area is 173 Å². The van der Waals surface area contributed by atoms with Crippen LogP contribution >= 0.6 is 0 Å². The van der Waals surface area contributed by atoms with Crippen LogP contribution in [0.4, 0.5) is 0 Å². The van der Waals surface area contributed by atoms with E-state index in [1.807, 2.05) is 30.3 Å². The van der Waals surface area contributed by atoms with Gasteiger partial charge >= 0.3 is 0 Å². The Kier molecular flexibility index (Phi) is 8.68. The Hall–Kier alpha value is -2.21. The van der Waals surface area contributed by atoms with Gasteiger partial charge in [0.2, 0.25) is 0 Å². The van der Waals surface area contributed by atoms with Crippen LogP contribution in [0.15, 0.2) is 54.6 Å². The number of aryl methyl sites for hydroxylation is 2. The minimum Gasteiger partial charge on any atom is -0.394 e. The molecule has 1 heterocycles. The molecule has 1 N–H and O–H groups in total. The van der Waals surface area contributed by atoms with Crippen LogP contribution in [-0.4, -0.2) is 42.1 Å². The first-order chi connectivity index (χ1) is 14.3. The minimum absolute atomic E-state index is 0.125. The number of hydrogen-bond acceptors (Lipinski definition) is 4. The van der Waals surface area contributed by atoms with E-state index in [9.17, 15) is 9.90 Å². The van der Waals surface area contributed by atoms with Crippen LogP contribution in [0.25, 0.3) is 0 Å². The lowest BCUT2D eigenvalue weighted by Crippen LogP contribution is -2.39. The molecule has 1 atom stereocenters. The first-order valence-electron chi connectivity index (χ1n) is 10.6. The van der Waals surface area contributed by atoms with E-state index < -0.39 is 6.29 Å². The topological polar surface area (TPSA) is 59.0 Å². The van der Waals surface area contributed by atoms with Crippen molar-refractivity contribution in [3.05, 3.63) is 71.3 Å². The van der Waals surface area contributed by atoms with E-state index in [1.54, 1.807) is 0 Å². The molecule has 1 unspecified atom stereocenters. The summed E-state index contributed by atoms with van der Waals surface area (Å²) >= 11 is 0. The molecular formula is C24H31NO4. The first kappa shape index (κ1) is 21.5. The molecule has 156 valence electrons. The Morgan fingerprint density at radius 1 is 1.00 bits per heavy atom. The van der Waals surface area contributed by atoms with E-state index in [2.05, 4.69) is 24.3 Å². The predicted octanol–water partition coefficient (Wildman–Crippen LogP) is 4.14. The highest BCUT2D eigenvalue weighted by Gasteiger charge is 2.23. The van der Waals surface area contributed by atoms with Crippen molar-refractivity contribution in [1.29, 1.82) is 0 Å². The van der Waals surface area contributed by atoms with Gasteiger partial charge in [-0.05, 0) is 61.8 Å². The van der Waals surface area contributed by atoms with Crippen molar-refractivity contribution in [1.82, 2.24) is 5.06 Å². The summed E-state index contributed by atoms with van der Waals surface area (Å²) in [5, 5.41) is 10.5. The van der Waals surface area contributed by atoms with Crippen molar-refractivity contribution in [3.8, 4) is 0 Å². The van der Waals surface area contributed by atoms with Gasteiger partial charge in [-0.2, -0.15) is 0 Å². The van der Waals surface area contributed by atoms with Crippen LogP contribution in [0.1, 0.15) is 53.6 Å². The van der Waals surface area contributed by atoms with Gasteiger partial charge < -0.3 is 9.84 Å². The standard InChI is InChI=1S/C24H31NO4/c26-18-17-25(29-23-12-6-7-19-28-23)24(27)22-15-13-21(14-16-22)11-5-4-10-20-8-2-1-3-9-20/h1-3,8-9,13-16,23,26H,4-7,10-12,17-19H2. The molecule has 5 heteroatoms. The summed E-state index contributed by atoms with van der Waals surface area (Å²) in [6, 6.07) is 18.2. The number of ether oxygens (including phenoxy) is 1. The second-order valence-corrected chi connectivity index (χ2v) is 7.42. The molecule has 1 amide bonds. The average Bonchev–Trinajstić information content (AvgIpc) is 2.78. The van der Waals surface area contributed by atoms with Crippen LogP contribution in [0.5, 0.6) is 0 Å². The number of nitrogens with zero attached hydrogens (tertiary/aromatic N) is 1. The molecule has 1 aliphatic heterocycles. The summed E-state index contributed by atoms with van der Waals surface area (Å²) in [5.74, 6) is -0.246. The maximum Gasteiger partial charge on any atom is 0.277 e. The zero-order valence-corrected chi connectivity index (χ0v) is 17.0. The fourth-order valence-corrected chi connectivity index (χ4v) is 3.49. The SMILES string of the molecule is O=C(c1ccc(CCCCc2ccccc2)cc1)N(CCO)OC1CCCCO1. The van der Waals surface area contributed by atoms with E-state index in [0.717, 1.165) is 44.9 Å². The number of unbranched alkanes of at least 4 members (excludes halogenated alkanes) is 1. The number of carbonyl (C=O) groups is 1. The lowest BCUT2D eigenvalue weighted by molar-refractivity contribution is -0.268. The van der Waals surface area contributed by atoms with Gasteiger partial charge in [-0.3, -0.25) is 4.79 Å². The van der Waals surface area contributed by atoms with Crippen molar-refractivity contribution in [2.75, 3.05) is 19.8 Å². The van der Waals surface area contributed by atoms with Crippen molar-refractivity contribution in [2.24, 2.45) is 0 Å². The summed E-state index contributed by atoms with van der Waals surface area (Å²) < 4.78 is 5.55. The zero-order valence-electron chi connectivity index (χ0n) is 17.0. The molecule has 0 radical (unpaired) electrons. The molecule has 0 spiro atoms. The van der Waals surface area contributed by atoms with Gasteiger partial charge in [-0.15, -0.1) is 0 Å². The van der Waals surface area contributed by atoms with Gasteiger partial charge in [0.1, 0.15) is 0 Å². The van der Waals surface area contributed by atoms with Gasteiger partial charge in [0.25, 0.3) is 5.91 Å². The number of aliphatic hydroxyl groups is 1. The predicted molar refractivity (Wildman–Crippen MR) is 112 cm³/mol. The highest BCUT2D eigenvalue weighted by atomic mass is 16.8. The van der Waals surface area contributed by atoms with Crippen LogP contribution in [0.3, 0.4) is 0 Å². The van der Waals surface area contributed by atoms with E-state index in [4.69, 9.17) is 9.57 Å². The molecule has 29 heavy (non-hydrogen) atoms. The normalized spacial score (nSPS) is 16.5. The molecular weight excluding hydrogens is 366 g/mol. The average molecular weight is 398 g/mol. The fraction of sp³-hybridized carbons (Fsp3) is 0.458. The fourth-order valence-electron chi connectivity index (χ4n) is 3.49. The van der Waals surface area contributed by atoms with Gasteiger partial charge in [-0.25, -0.2) is 9.90 Å². The van der Waals surface area contributed by atoms with E-state index >= 15 is 0 Å². The molecule has 0 aliphatic carbocycles. The maximum atomic E-state index is 12.8. The third-order valence-corrected chi connectivity index (χ3v) is 5.14. The smallest absolute Gasteiger partial charge is 0.277 e. The number of benzene rings is 2. The lowest BCUT2D eigenvalue weighted by atomic mass is 10.0. The Morgan fingerprint density at radius 2 is 1.69 bits per heavy atom. The summed E-state index contributed by atoms with van der Waals surface area (Å²) in [6.45, 7) is 0.614. The quantitative estimate of drug-likeness (QED) is 0.483. The van der Waals surface area contributed by atoms with Crippen molar-refractivity contribution >= 4 is 5.91 Å². The molecule has 2 aromatic carbocycles. The van der Waals surface area contributed by atoms with Gasteiger partial charge in [0.05, 0.1) is 13.2 Å². The molecule has 1 aliphatic rings. The zero-order chi connectivity index (χ0) is 20.3. The van der Waals surface area contributed by atoms with E-state index in [1.165, 1.54) is 16.2 Å². The second-order valence-electron chi connectivity index (χ2n) is 7.42. The summed E-state index contributed by atoms with van der Waals surface area (Å²) in [5.41, 5.74) is 3.15. The second kappa shape index (κ2) is 11.7. The number of amides is 1. The van der Waals surface area contributed by atoms with Crippen LogP contribution in [0.2, 0.25) is 0 Å². The number of carbonyl (C=O) groups excluding carboxylic acids is 1. The highest BCUT2D eigenvalue weighted by Crippen LogP contribution is 2.17. The van der Waals surface area contributed by atoms with Crippen molar-refractivity contribution in [3.63, 3.8) is 0 Å². The molecule has 1 saturated heterocycles. The largest absolute Gasteiger partial charge is 0.394 e. The number of hydrogen-bond donors (Lipinski definition) is 1. The first-order valence-corrected chi connectivity index (χ1v) is 10.6. The number of rotatable bonds is 10. The van der Waals surface area contributed by atoms with E-state index in [-0.39, 0.29) is 19.1 Å². The number of hydroxylamine groups is 2. The molecule has 0 saturated carbocycles. The molecule has 1 fully saturated rings. The van der Waals surface area contributed by atoms with Crippen LogP contribution < -0.4 is 0 Å². The Bertz CT molecular complexity index is 726. The minimum atomic E-state index is -0.414. The van der Waals surface area contributed by atoms with Crippen LogP contribution in [-0.2, 0) is 22.4 Å². The maximum absolute atomic E-state index is 12.8. The number of aliphatic hydroxyl groups excluding tert-OH is 1. The Balaban J connectivity index is 1.48. The van der Waals surface area contributed by atoms with Gasteiger partial charge in [0.15, 0.2) is 6.29 Å². The highest BCUT2D eigenvalue weighted by molar-refractivity contribution is 5.93. The lowest BCUT2D eigenvalue weighted by Gasteiger charge is -2.29. The molecule has 5 nitrogen and oxygen atoms in total. The molecule has 0 bridgehead atoms. The monoisotopic (exact) mass is 397 g/mol. The third-order valence-electron chi connectivity index (χ3n) is 5.14. The Morgan fingerprint density at radius 3 is 2.31 bits per heavy atom. The molecule has 0 aromatic heterocycles. The third kappa shape index (κ3) is 6.96. The summed E-state index contributed by atoms with van der Waals surface area (Å²) in [7, 11) is 0. The summed E-state index contributed by atoms with van der Waals surface area (Å²) in [6.07, 6.45) is 6.72.